The van der Waals surface area contributed by atoms with Crippen LogP contribution in [0.4, 0.5) is 0 Å². The molecule has 0 amide bonds. The second kappa shape index (κ2) is 7.99. The molecule has 0 aromatic heterocycles. The van der Waals surface area contributed by atoms with Gasteiger partial charge in [0.1, 0.15) is 0 Å². The van der Waals surface area contributed by atoms with Crippen LogP contribution in [0, 0.1) is 0 Å². The molecule has 4 rings (SSSR count). The highest BCUT2D eigenvalue weighted by molar-refractivity contribution is 5.79. The van der Waals surface area contributed by atoms with E-state index in [-0.39, 0.29) is 5.54 Å². The third-order valence-electron chi connectivity index (χ3n) is 5.68. The van der Waals surface area contributed by atoms with Crippen molar-refractivity contribution in [3.05, 3.63) is 0 Å². The lowest BCUT2D eigenvalue weighted by atomic mass is 10.0. The first-order valence-corrected chi connectivity index (χ1v) is 9.32. The van der Waals surface area contributed by atoms with E-state index in [1.807, 2.05) is 7.05 Å². The van der Waals surface area contributed by atoms with E-state index in [0.717, 1.165) is 45.4 Å². The van der Waals surface area contributed by atoms with Gasteiger partial charge in [0.05, 0.1) is 13.2 Å². The van der Waals surface area contributed by atoms with Crippen molar-refractivity contribution in [2.24, 2.45) is 4.99 Å². The van der Waals surface area contributed by atoms with Gasteiger partial charge in [0.25, 0.3) is 0 Å². The van der Waals surface area contributed by atoms with Crippen LogP contribution in [0.3, 0.4) is 0 Å². The van der Waals surface area contributed by atoms with E-state index in [2.05, 4.69) is 44.2 Å². The number of aliphatic imine (C=N–C) groups is 1. The van der Waals surface area contributed by atoms with Gasteiger partial charge in [-0.25, -0.2) is 0 Å². The molecule has 138 valence electrons. The van der Waals surface area contributed by atoms with Gasteiger partial charge in [-0.15, -0.1) is 0 Å². The summed E-state index contributed by atoms with van der Waals surface area (Å²) in [7, 11) is 1.86. The topological polar surface area (TPSA) is 55.4 Å². The highest BCUT2D eigenvalue weighted by atomic mass is 16.5. The maximum absolute atomic E-state index is 5.46. The van der Waals surface area contributed by atoms with Gasteiger partial charge >= 0.3 is 0 Å². The van der Waals surface area contributed by atoms with Gasteiger partial charge in [-0.05, 0) is 13.8 Å². The predicted molar refractivity (Wildman–Crippen MR) is 97.6 cm³/mol. The number of ether oxygens (including phenoxy) is 1. The quantitative estimate of drug-likeness (QED) is 0.509. The van der Waals surface area contributed by atoms with Crippen LogP contribution >= 0.6 is 0 Å². The first-order chi connectivity index (χ1) is 11.6. The Morgan fingerprint density at radius 3 is 2.38 bits per heavy atom. The first-order valence-electron chi connectivity index (χ1n) is 9.32. The van der Waals surface area contributed by atoms with Crippen molar-refractivity contribution >= 4 is 5.96 Å². The van der Waals surface area contributed by atoms with E-state index in [4.69, 9.17) is 4.74 Å². The number of fused-ring (bicyclic) bond motifs is 3. The highest BCUT2D eigenvalue weighted by Gasteiger charge is 2.32. The summed E-state index contributed by atoms with van der Waals surface area (Å²) >= 11 is 0. The lowest BCUT2D eigenvalue weighted by molar-refractivity contribution is -0.00839. The largest absolute Gasteiger partial charge is 0.379 e. The van der Waals surface area contributed by atoms with Crippen LogP contribution in [-0.4, -0.2) is 111 Å². The monoisotopic (exact) mass is 338 g/mol. The second-order valence-corrected chi connectivity index (χ2v) is 7.71. The molecule has 0 aromatic rings. The number of rotatable bonds is 5. The Bertz CT molecular complexity index is 427. The Balaban J connectivity index is 1.43. The normalized spacial score (nSPS) is 32.0. The van der Waals surface area contributed by atoms with Crippen molar-refractivity contribution in [1.82, 2.24) is 25.3 Å². The lowest BCUT2D eigenvalue weighted by Gasteiger charge is -2.47. The van der Waals surface area contributed by atoms with E-state index in [0.29, 0.717) is 6.04 Å². The van der Waals surface area contributed by atoms with Gasteiger partial charge in [-0.1, -0.05) is 0 Å². The fourth-order valence-electron chi connectivity index (χ4n) is 3.93. The fourth-order valence-corrected chi connectivity index (χ4v) is 3.93. The first kappa shape index (κ1) is 17.9. The van der Waals surface area contributed by atoms with Gasteiger partial charge < -0.3 is 15.4 Å². The van der Waals surface area contributed by atoms with E-state index in [9.17, 15) is 0 Å². The molecule has 24 heavy (non-hydrogen) atoms. The maximum atomic E-state index is 5.46. The van der Waals surface area contributed by atoms with Crippen molar-refractivity contribution < 1.29 is 4.74 Å². The summed E-state index contributed by atoms with van der Waals surface area (Å²) in [5, 5.41) is 7.04. The third-order valence-corrected chi connectivity index (χ3v) is 5.68. The molecule has 0 aliphatic carbocycles. The second-order valence-electron chi connectivity index (χ2n) is 7.71. The average Bonchev–Trinajstić information content (AvgIpc) is 2.63. The summed E-state index contributed by atoms with van der Waals surface area (Å²) < 4.78 is 5.46. The molecule has 2 N–H and O–H groups in total. The Labute approximate surface area is 146 Å². The zero-order chi connectivity index (χ0) is 17.0. The molecule has 0 radical (unpaired) electrons. The number of morpholine rings is 1. The minimum Gasteiger partial charge on any atom is -0.379 e. The van der Waals surface area contributed by atoms with Gasteiger partial charge in [0.15, 0.2) is 5.96 Å². The molecule has 4 saturated heterocycles. The SMILES string of the molecule is CN=C(NCC1CN2CCN1CC2)NCC(C)(C)N1CCOCC1. The molecule has 1 atom stereocenters. The Hall–Kier alpha value is -0.890. The predicted octanol–water partition coefficient (Wildman–Crippen LogP) is -0.738. The van der Waals surface area contributed by atoms with Crippen LogP contribution in [0.5, 0.6) is 0 Å². The van der Waals surface area contributed by atoms with E-state index < -0.39 is 0 Å². The standard InChI is InChI=1S/C17H34N6O/c1-17(2,23-8-10-24-11-9-23)14-20-16(18-3)19-12-15-13-21-4-6-22(15)7-5-21/h15H,4-14H2,1-3H3,(H2,18,19,20). The number of hydrogen-bond acceptors (Lipinski definition) is 5. The molecule has 7 heteroatoms. The summed E-state index contributed by atoms with van der Waals surface area (Å²) in [5.41, 5.74) is 0.0977. The van der Waals surface area contributed by atoms with Crippen molar-refractivity contribution in [2.75, 3.05) is 79.2 Å². The van der Waals surface area contributed by atoms with Gasteiger partial charge in [0.2, 0.25) is 0 Å². The van der Waals surface area contributed by atoms with E-state index in [1.165, 1.54) is 32.7 Å². The van der Waals surface area contributed by atoms with Crippen molar-refractivity contribution in [2.45, 2.75) is 25.4 Å². The van der Waals surface area contributed by atoms with Crippen molar-refractivity contribution in [3.8, 4) is 0 Å². The summed E-state index contributed by atoms with van der Waals surface area (Å²) in [6.07, 6.45) is 0. The van der Waals surface area contributed by atoms with Crippen LogP contribution in [0.2, 0.25) is 0 Å². The zero-order valence-corrected chi connectivity index (χ0v) is 15.6. The van der Waals surface area contributed by atoms with Crippen molar-refractivity contribution in [3.63, 3.8) is 0 Å². The van der Waals surface area contributed by atoms with Gasteiger partial charge in [0, 0.05) is 77.5 Å². The summed E-state index contributed by atoms with van der Waals surface area (Å²) in [5.74, 6) is 0.911. The molecule has 4 aliphatic rings. The Morgan fingerprint density at radius 1 is 1.08 bits per heavy atom. The molecule has 0 saturated carbocycles. The Morgan fingerprint density at radius 2 is 1.79 bits per heavy atom. The molecule has 4 heterocycles. The van der Waals surface area contributed by atoms with Crippen molar-refractivity contribution in [1.29, 1.82) is 0 Å². The molecular weight excluding hydrogens is 304 g/mol. The number of guanidine groups is 1. The minimum atomic E-state index is 0.0977. The lowest BCUT2D eigenvalue weighted by Crippen LogP contribution is -2.64. The average molecular weight is 339 g/mol. The van der Waals surface area contributed by atoms with Gasteiger partial charge in [-0.2, -0.15) is 0 Å². The van der Waals surface area contributed by atoms with Crippen LogP contribution in [0.25, 0.3) is 0 Å². The summed E-state index contributed by atoms with van der Waals surface area (Å²) in [6, 6.07) is 0.610. The summed E-state index contributed by atoms with van der Waals surface area (Å²) in [6.45, 7) is 16.2. The smallest absolute Gasteiger partial charge is 0.191 e. The molecular formula is C17H34N6O. The third kappa shape index (κ3) is 4.39. The highest BCUT2D eigenvalue weighted by Crippen LogP contribution is 2.16. The minimum absolute atomic E-state index is 0.0977. The molecule has 0 spiro atoms. The molecule has 0 aromatic carbocycles. The molecule has 7 nitrogen and oxygen atoms in total. The Kier molecular flexibility index (Phi) is 5.97. The molecule has 1 unspecified atom stereocenters. The number of hydrogen-bond donors (Lipinski definition) is 2. The molecule has 2 bridgehead atoms. The number of nitrogens with one attached hydrogen (secondary N) is 2. The van der Waals surface area contributed by atoms with Crippen LogP contribution in [0.1, 0.15) is 13.8 Å². The van der Waals surface area contributed by atoms with Gasteiger partial charge in [-0.3, -0.25) is 19.7 Å². The zero-order valence-electron chi connectivity index (χ0n) is 15.6. The number of piperazine rings is 3. The van der Waals surface area contributed by atoms with Crippen LogP contribution < -0.4 is 10.6 Å². The molecule has 4 aliphatic heterocycles. The van der Waals surface area contributed by atoms with E-state index in [1.54, 1.807) is 0 Å². The fraction of sp³-hybridized carbons (Fsp3) is 0.941. The van der Waals surface area contributed by atoms with Crippen LogP contribution in [0.15, 0.2) is 4.99 Å². The molecule has 4 fully saturated rings. The van der Waals surface area contributed by atoms with E-state index >= 15 is 0 Å². The van der Waals surface area contributed by atoms with Crippen LogP contribution in [-0.2, 0) is 4.74 Å². The maximum Gasteiger partial charge on any atom is 0.191 e. The summed E-state index contributed by atoms with van der Waals surface area (Å²) in [4.78, 5) is 12.1. The number of nitrogens with zero attached hydrogens (tertiary/aromatic N) is 4.